The van der Waals surface area contributed by atoms with E-state index in [0.717, 1.165) is 64.2 Å². The summed E-state index contributed by atoms with van der Waals surface area (Å²) in [5.41, 5.74) is 1.22. The standard InChI is InChI=1S/C24H34O4/c25-23(27-20-14-6-2-7-15-20)22(18-10-13-19-11-4-1-5-12-19)24(26)28-21-16-8-3-9-17-21/h1,4-5,11-12,20-22H,2-3,6-10,13-18H2. The molecule has 1 aromatic carbocycles. The van der Waals surface area contributed by atoms with Crippen LogP contribution >= 0.6 is 0 Å². The van der Waals surface area contributed by atoms with Gasteiger partial charge in [0.2, 0.25) is 0 Å². The number of rotatable bonds is 8. The molecule has 154 valence electrons. The zero-order chi connectivity index (χ0) is 19.6. The molecule has 0 unspecified atom stereocenters. The Morgan fingerprint density at radius 2 is 1.29 bits per heavy atom. The fourth-order valence-electron chi connectivity index (χ4n) is 4.35. The van der Waals surface area contributed by atoms with Crippen molar-refractivity contribution in [3.63, 3.8) is 0 Å². The van der Waals surface area contributed by atoms with Crippen LogP contribution in [0.25, 0.3) is 0 Å². The van der Waals surface area contributed by atoms with E-state index in [4.69, 9.17) is 9.47 Å². The van der Waals surface area contributed by atoms with Crippen molar-refractivity contribution in [2.24, 2.45) is 5.92 Å². The summed E-state index contributed by atoms with van der Waals surface area (Å²) in [5, 5.41) is 0. The smallest absolute Gasteiger partial charge is 0.320 e. The fourth-order valence-corrected chi connectivity index (χ4v) is 4.35. The van der Waals surface area contributed by atoms with Crippen molar-refractivity contribution >= 4 is 11.9 Å². The average Bonchev–Trinajstić information content (AvgIpc) is 2.73. The monoisotopic (exact) mass is 386 g/mol. The fraction of sp³-hybridized carbons (Fsp3) is 0.667. The van der Waals surface area contributed by atoms with Crippen molar-refractivity contribution < 1.29 is 19.1 Å². The van der Waals surface area contributed by atoms with Crippen molar-refractivity contribution in [2.45, 2.75) is 95.7 Å². The first-order chi connectivity index (χ1) is 13.7. The summed E-state index contributed by atoms with van der Waals surface area (Å²) in [5.74, 6) is -1.53. The largest absolute Gasteiger partial charge is 0.462 e. The Balaban J connectivity index is 1.56. The third kappa shape index (κ3) is 6.65. The van der Waals surface area contributed by atoms with Crippen LogP contribution in [-0.2, 0) is 25.5 Å². The van der Waals surface area contributed by atoms with E-state index in [1.54, 1.807) is 0 Å². The number of ether oxygens (including phenoxy) is 2. The number of hydrogen-bond donors (Lipinski definition) is 0. The van der Waals surface area contributed by atoms with Crippen molar-refractivity contribution in [3.8, 4) is 0 Å². The molecule has 2 aliphatic carbocycles. The normalized spacial score (nSPS) is 18.8. The molecule has 1 aromatic rings. The highest BCUT2D eigenvalue weighted by molar-refractivity contribution is 5.95. The average molecular weight is 387 g/mol. The lowest BCUT2D eigenvalue weighted by atomic mass is 9.96. The van der Waals surface area contributed by atoms with E-state index in [9.17, 15) is 9.59 Å². The van der Waals surface area contributed by atoms with Gasteiger partial charge in [-0.3, -0.25) is 9.59 Å². The van der Waals surface area contributed by atoms with Gasteiger partial charge in [-0.05, 0) is 76.2 Å². The summed E-state index contributed by atoms with van der Waals surface area (Å²) in [4.78, 5) is 25.6. The first-order valence-electron chi connectivity index (χ1n) is 11.2. The van der Waals surface area contributed by atoms with Gasteiger partial charge in [0.15, 0.2) is 5.92 Å². The zero-order valence-electron chi connectivity index (χ0n) is 16.9. The molecular formula is C24H34O4. The Kier molecular flexibility index (Phi) is 8.38. The summed E-state index contributed by atoms with van der Waals surface area (Å²) in [6, 6.07) is 10.2. The molecule has 0 amide bonds. The lowest BCUT2D eigenvalue weighted by molar-refractivity contribution is -0.170. The van der Waals surface area contributed by atoms with Crippen LogP contribution in [0.5, 0.6) is 0 Å². The second kappa shape index (κ2) is 11.2. The number of hydrogen-bond acceptors (Lipinski definition) is 4. The van der Waals surface area contributed by atoms with Crippen molar-refractivity contribution in [1.82, 2.24) is 0 Å². The SMILES string of the molecule is O=C(OC1CCCCC1)C(CCCc1ccccc1)C(=O)OC1CCCCC1. The Morgan fingerprint density at radius 3 is 1.79 bits per heavy atom. The van der Waals surface area contributed by atoms with E-state index >= 15 is 0 Å². The van der Waals surface area contributed by atoms with Crippen molar-refractivity contribution in [3.05, 3.63) is 35.9 Å². The maximum absolute atomic E-state index is 12.8. The van der Waals surface area contributed by atoms with Gasteiger partial charge in [-0.1, -0.05) is 43.2 Å². The topological polar surface area (TPSA) is 52.6 Å². The minimum absolute atomic E-state index is 0.0275. The molecule has 0 aliphatic heterocycles. The van der Waals surface area contributed by atoms with Crippen LogP contribution in [0.4, 0.5) is 0 Å². The molecule has 2 fully saturated rings. The molecule has 0 spiro atoms. The second-order valence-corrected chi connectivity index (χ2v) is 8.32. The highest BCUT2D eigenvalue weighted by Gasteiger charge is 2.33. The molecular weight excluding hydrogens is 352 g/mol. The van der Waals surface area contributed by atoms with Gasteiger partial charge >= 0.3 is 11.9 Å². The quantitative estimate of drug-likeness (QED) is 0.445. The van der Waals surface area contributed by atoms with Gasteiger partial charge in [0.05, 0.1) is 0 Å². The zero-order valence-corrected chi connectivity index (χ0v) is 16.9. The van der Waals surface area contributed by atoms with Crippen molar-refractivity contribution in [1.29, 1.82) is 0 Å². The molecule has 0 aromatic heterocycles. The molecule has 0 heterocycles. The molecule has 0 bridgehead atoms. The predicted molar refractivity (Wildman–Crippen MR) is 109 cm³/mol. The molecule has 28 heavy (non-hydrogen) atoms. The van der Waals surface area contributed by atoms with E-state index in [-0.39, 0.29) is 24.1 Å². The molecule has 0 saturated heterocycles. The first kappa shape index (κ1) is 20.9. The van der Waals surface area contributed by atoms with E-state index in [1.165, 1.54) is 18.4 Å². The molecule has 0 atom stereocenters. The lowest BCUT2D eigenvalue weighted by Crippen LogP contribution is -2.34. The Bertz CT molecular complexity index is 568. The van der Waals surface area contributed by atoms with Crippen LogP contribution in [0.1, 0.15) is 82.6 Å². The van der Waals surface area contributed by atoms with Crippen LogP contribution in [0, 0.1) is 5.92 Å². The Hall–Kier alpha value is -1.84. The maximum Gasteiger partial charge on any atom is 0.320 e. The number of benzene rings is 1. The van der Waals surface area contributed by atoms with Gasteiger partial charge in [-0.15, -0.1) is 0 Å². The third-order valence-electron chi connectivity index (χ3n) is 6.04. The summed E-state index contributed by atoms with van der Waals surface area (Å²) >= 11 is 0. The number of aryl methyl sites for hydroxylation is 1. The Labute approximate surface area is 169 Å². The molecule has 4 heteroatoms. The number of esters is 2. The van der Waals surface area contributed by atoms with Gasteiger partial charge in [0, 0.05) is 0 Å². The van der Waals surface area contributed by atoms with Gasteiger partial charge in [-0.2, -0.15) is 0 Å². The minimum atomic E-state index is -0.785. The van der Waals surface area contributed by atoms with Gasteiger partial charge in [-0.25, -0.2) is 0 Å². The van der Waals surface area contributed by atoms with Gasteiger partial charge in [0.25, 0.3) is 0 Å². The van der Waals surface area contributed by atoms with E-state index in [2.05, 4.69) is 12.1 Å². The molecule has 2 saturated carbocycles. The molecule has 3 rings (SSSR count). The van der Waals surface area contributed by atoms with E-state index in [0.29, 0.717) is 6.42 Å². The van der Waals surface area contributed by atoms with Crippen LogP contribution < -0.4 is 0 Å². The maximum atomic E-state index is 12.8. The van der Waals surface area contributed by atoms with Crippen LogP contribution in [0.2, 0.25) is 0 Å². The second-order valence-electron chi connectivity index (χ2n) is 8.32. The van der Waals surface area contributed by atoms with Crippen LogP contribution in [-0.4, -0.2) is 24.1 Å². The van der Waals surface area contributed by atoms with Crippen molar-refractivity contribution in [2.75, 3.05) is 0 Å². The highest BCUT2D eigenvalue weighted by Crippen LogP contribution is 2.25. The lowest BCUT2D eigenvalue weighted by Gasteiger charge is -2.26. The predicted octanol–water partition coefficient (Wildman–Crippen LogP) is 5.38. The molecule has 2 aliphatic rings. The molecule has 4 nitrogen and oxygen atoms in total. The Morgan fingerprint density at radius 1 is 0.786 bits per heavy atom. The molecule has 0 N–H and O–H groups in total. The third-order valence-corrected chi connectivity index (χ3v) is 6.04. The number of carbonyl (C=O) groups is 2. The summed E-state index contributed by atoms with van der Waals surface area (Å²) in [7, 11) is 0. The summed E-state index contributed by atoms with van der Waals surface area (Å²) in [6.07, 6.45) is 12.5. The van der Waals surface area contributed by atoms with Crippen LogP contribution in [0.15, 0.2) is 30.3 Å². The molecule has 0 radical (unpaired) electrons. The highest BCUT2D eigenvalue weighted by atomic mass is 16.6. The van der Waals surface area contributed by atoms with Gasteiger partial charge < -0.3 is 9.47 Å². The van der Waals surface area contributed by atoms with E-state index < -0.39 is 5.92 Å². The van der Waals surface area contributed by atoms with E-state index in [1.807, 2.05) is 18.2 Å². The van der Waals surface area contributed by atoms with Crippen LogP contribution in [0.3, 0.4) is 0 Å². The minimum Gasteiger partial charge on any atom is -0.462 e. The summed E-state index contributed by atoms with van der Waals surface area (Å²) in [6.45, 7) is 0. The summed E-state index contributed by atoms with van der Waals surface area (Å²) < 4.78 is 11.5. The van der Waals surface area contributed by atoms with Gasteiger partial charge in [0.1, 0.15) is 12.2 Å². The first-order valence-corrected chi connectivity index (χ1v) is 11.2. The number of carbonyl (C=O) groups excluding carboxylic acids is 2.